The molecule has 0 fully saturated rings. The first-order valence-electron chi connectivity index (χ1n) is 6.19. The molecule has 0 N–H and O–H groups in total. The summed E-state index contributed by atoms with van der Waals surface area (Å²) in [6, 6.07) is 0. The van der Waals surface area contributed by atoms with Crippen LogP contribution in [0.5, 0.6) is 0 Å². The smallest absolute Gasteiger partial charge is 0.154 e. The molecule has 0 aliphatic rings. The summed E-state index contributed by atoms with van der Waals surface area (Å²) >= 11 is 0. The SMILES string of the molecule is CCC=CCCCCCOC(C)OCC. The summed E-state index contributed by atoms with van der Waals surface area (Å²) in [5.41, 5.74) is 0. The maximum Gasteiger partial charge on any atom is 0.154 e. The van der Waals surface area contributed by atoms with Crippen LogP contribution in [0.15, 0.2) is 12.2 Å². The van der Waals surface area contributed by atoms with Crippen molar-refractivity contribution in [2.45, 2.75) is 59.2 Å². The lowest BCUT2D eigenvalue weighted by atomic mass is 10.2. The maximum atomic E-state index is 5.47. The second kappa shape index (κ2) is 11.7. The van der Waals surface area contributed by atoms with Crippen LogP contribution in [0.3, 0.4) is 0 Å². The van der Waals surface area contributed by atoms with Crippen LogP contribution in [-0.2, 0) is 9.47 Å². The van der Waals surface area contributed by atoms with Gasteiger partial charge in [0.15, 0.2) is 6.29 Å². The molecule has 0 aromatic heterocycles. The van der Waals surface area contributed by atoms with Crippen LogP contribution in [0.4, 0.5) is 0 Å². The minimum absolute atomic E-state index is 0.0463. The van der Waals surface area contributed by atoms with Crippen molar-refractivity contribution in [1.82, 2.24) is 0 Å². The standard InChI is InChI=1S/C13H26O2/c1-4-6-7-8-9-10-11-12-15-13(3)14-5-2/h6-7,13H,4-5,8-12H2,1-3H3. The summed E-state index contributed by atoms with van der Waals surface area (Å²) < 4.78 is 10.7. The van der Waals surface area contributed by atoms with Gasteiger partial charge in [-0.2, -0.15) is 0 Å². The van der Waals surface area contributed by atoms with Gasteiger partial charge in [-0.05, 0) is 39.5 Å². The van der Waals surface area contributed by atoms with Gasteiger partial charge in [0.25, 0.3) is 0 Å². The second-order valence-electron chi connectivity index (χ2n) is 3.62. The molecule has 2 nitrogen and oxygen atoms in total. The highest BCUT2D eigenvalue weighted by Crippen LogP contribution is 2.03. The summed E-state index contributed by atoms with van der Waals surface area (Å²) in [6.07, 6.45) is 10.4. The molecular weight excluding hydrogens is 188 g/mol. The average molecular weight is 214 g/mol. The first kappa shape index (κ1) is 14.7. The van der Waals surface area contributed by atoms with Crippen LogP contribution in [0.25, 0.3) is 0 Å². The Bertz CT molecular complexity index is 143. The molecule has 0 saturated heterocycles. The molecular formula is C13H26O2. The summed E-state index contributed by atoms with van der Waals surface area (Å²) in [5, 5.41) is 0. The van der Waals surface area contributed by atoms with E-state index in [0.717, 1.165) is 26.1 Å². The Kier molecular flexibility index (Phi) is 11.5. The van der Waals surface area contributed by atoms with Crippen molar-refractivity contribution >= 4 is 0 Å². The van der Waals surface area contributed by atoms with E-state index in [4.69, 9.17) is 9.47 Å². The fourth-order valence-corrected chi connectivity index (χ4v) is 1.36. The Morgan fingerprint density at radius 1 is 1.00 bits per heavy atom. The lowest BCUT2D eigenvalue weighted by Crippen LogP contribution is -2.13. The normalized spacial score (nSPS) is 13.5. The Balaban J connectivity index is 3.07. The molecule has 0 rings (SSSR count). The third-order valence-corrected chi connectivity index (χ3v) is 2.17. The Labute approximate surface area is 94.7 Å². The van der Waals surface area contributed by atoms with Crippen molar-refractivity contribution in [3.8, 4) is 0 Å². The third kappa shape index (κ3) is 11.6. The molecule has 0 amide bonds. The molecule has 0 saturated carbocycles. The third-order valence-electron chi connectivity index (χ3n) is 2.17. The van der Waals surface area contributed by atoms with E-state index in [0.29, 0.717) is 0 Å². The highest BCUT2D eigenvalue weighted by molar-refractivity contribution is 4.79. The Morgan fingerprint density at radius 3 is 2.47 bits per heavy atom. The maximum absolute atomic E-state index is 5.47. The van der Waals surface area contributed by atoms with Crippen LogP contribution in [-0.4, -0.2) is 19.5 Å². The van der Waals surface area contributed by atoms with Gasteiger partial charge < -0.3 is 9.47 Å². The summed E-state index contributed by atoms with van der Waals surface area (Å²) in [4.78, 5) is 0. The van der Waals surface area contributed by atoms with Crippen molar-refractivity contribution in [1.29, 1.82) is 0 Å². The van der Waals surface area contributed by atoms with Crippen molar-refractivity contribution in [3.63, 3.8) is 0 Å². The lowest BCUT2D eigenvalue weighted by molar-refractivity contribution is -0.127. The number of unbranched alkanes of at least 4 members (excludes halogenated alkanes) is 3. The van der Waals surface area contributed by atoms with E-state index in [1.54, 1.807) is 0 Å². The molecule has 0 bridgehead atoms. The zero-order chi connectivity index (χ0) is 11.4. The molecule has 0 aromatic rings. The molecule has 15 heavy (non-hydrogen) atoms. The van der Waals surface area contributed by atoms with E-state index in [2.05, 4.69) is 19.1 Å². The van der Waals surface area contributed by atoms with Gasteiger partial charge in [-0.15, -0.1) is 0 Å². The van der Waals surface area contributed by atoms with E-state index < -0.39 is 0 Å². The monoisotopic (exact) mass is 214 g/mol. The van der Waals surface area contributed by atoms with Gasteiger partial charge in [0, 0.05) is 13.2 Å². The predicted octanol–water partition coefficient (Wildman–Crippen LogP) is 3.91. The molecule has 90 valence electrons. The molecule has 0 spiro atoms. The fourth-order valence-electron chi connectivity index (χ4n) is 1.36. The average Bonchev–Trinajstić information content (AvgIpc) is 2.22. The largest absolute Gasteiger partial charge is 0.353 e. The zero-order valence-corrected chi connectivity index (χ0v) is 10.5. The number of hydrogen-bond donors (Lipinski definition) is 0. The first-order chi connectivity index (χ1) is 7.31. The topological polar surface area (TPSA) is 18.5 Å². The second-order valence-corrected chi connectivity index (χ2v) is 3.62. The van der Waals surface area contributed by atoms with Gasteiger partial charge in [0.1, 0.15) is 0 Å². The number of allylic oxidation sites excluding steroid dienone is 2. The van der Waals surface area contributed by atoms with E-state index in [1.165, 1.54) is 19.3 Å². The van der Waals surface area contributed by atoms with Crippen LogP contribution < -0.4 is 0 Å². The van der Waals surface area contributed by atoms with Crippen molar-refractivity contribution in [2.24, 2.45) is 0 Å². The highest BCUT2D eigenvalue weighted by Gasteiger charge is 1.98. The molecule has 0 radical (unpaired) electrons. The van der Waals surface area contributed by atoms with Gasteiger partial charge >= 0.3 is 0 Å². The molecule has 0 aliphatic carbocycles. The van der Waals surface area contributed by atoms with E-state index in [9.17, 15) is 0 Å². The van der Waals surface area contributed by atoms with Gasteiger partial charge in [-0.25, -0.2) is 0 Å². The lowest BCUT2D eigenvalue weighted by Gasteiger charge is -2.12. The zero-order valence-electron chi connectivity index (χ0n) is 10.5. The number of rotatable bonds is 10. The molecule has 0 heterocycles. The minimum Gasteiger partial charge on any atom is -0.353 e. The van der Waals surface area contributed by atoms with Gasteiger partial charge in [-0.3, -0.25) is 0 Å². The Morgan fingerprint density at radius 2 is 1.80 bits per heavy atom. The van der Waals surface area contributed by atoms with E-state index in [1.807, 2.05) is 13.8 Å². The molecule has 0 aromatic carbocycles. The molecule has 1 unspecified atom stereocenters. The van der Waals surface area contributed by atoms with Crippen molar-refractivity contribution in [3.05, 3.63) is 12.2 Å². The van der Waals surface area contributed by atoms with Gasteiger partial charge in [0.2, 0.25) is 0 Å². The highest BCUT2D eigenvalue weighted by atomic mass is 16.7. The fraction of sp³-hybridized carbons (Fsp3) is 0.846. The summed E-state index contributed by atoms with van der Waals surface area (Å²) in [7, 11) is 0. The van der Waals surface area contributed by atoms with E-state index in [-0.39, 0.29) is 6.29 Å². The van der Waals surface area contributed by atoms with Crippen molar-refractivity contribution in [2.75, 3.05) is 13.2 Å². The van der Waals surface area contributed by atoms with Crippen LogP contribution in [0.2, 0.25) is 0 Å². The molecule has 0 aliphatic heterocycles. The van der Waals surface area contributed by atoms with Gasteiger partial charge in [0.05, 0.1) is 0 Å². The first-order valence-corrected chi connectivity index (χ1v) is 6.19. The van der Waals surface area contributed by atoms with E-state index >= 15 is 0 Å². The van der Waals surface area contributed by atoms with Crippen LogP contribution >= 0.6 is 0 Å². The molecule has 1 atom stereocenters. The minimum atomic E-state index is -0.0463. The van der Waals surface area contributed by atoms with Crippen molar-refractivity contribution < 1.29 is 9.47 Å². The predicted molar refractivity (Wildman–Crippen MR) is 64.9 cm³/mol. The molecule has 2 heteroatoms. The number of ether oxygens (including phenoxy) is 2. The van der Waals surface area contributed by atoms with Crippen LogP contribution in [0, 0.1) is 0 Å². The van der Waals surface area contributed by atoms with Crippen LogP contribution in [0.1, 0.15) is 52.9 Å². The van der Waals surface area contributed by atoms with Gasteiger partial charge in [-0.1, -0.05) is 25.5 Å². The Hall–Kier alpha value is -0.340. The summed E-state index contributed by atoms with van der Waals surface area (Å²) in [6.45, 7) is 7.65. The summed E-state index contributed by atoms with van der Waals surface area (Å²) in [5.74, 6) is 0. The number of hydrogen-bond acceptors (Lipinski definition) is 2. The quantitative estimate of drug-likeness (QED) is 0.312.